The van der Waals surface area contributed by atoms with Crippen molar-refractivity contribution >= 4 is 11.9 Å². The summed E-state index contributed by atoms with van der Waals surface area (Å²) >= 11 is 0. The van der Waals surface area contributed by atoms with Crippen LogP contribution in [0, 0.1) is 34.5 Å². The summed E-state index contributed by atoms with van der Waals surface area (Å²) in [7, 11) is 0. The first-order chi connectivity index (χ1) is 14.3. The van der Waals surface area contributed by atoms with Gasteiger partial charge in [0.25, 0.3) is 0 Å². The maximum absolute atomic E-state index is 11.8. The second-order valence-corrected chi connectivity index (χ2v) is 11.6. The number of hydrogen-bond donors (Lipinski definition) is 2. The first kappa shape index (κ1) is 23.0. The molecule has 176 valence electrons. The summed E-state index contributed by atoms with van der Waals surface area (Å²) in [6.45, 7) is 8.77. The van der Waals surface area contributed by atoms with Gasteiger partial charge in [0.1, 0.15) is 11.7 Å². The first-order valence-corrected chi connectivity index (χ1v) is 12.2. The predicted octanol–water partition coefficient (Wildman–Crippen LogP) is 3.96. The first-order valence-electron chi connectivity index (χ1n) is 12.2. The van der Waals surface area contributed by atoms with Crippen LogP contribution in [0.4, 0.5) is 0 Å². The highest BCUT2D eigenvalue weighted by Gasteiger charge is 2.70. The van der Waals surface area contributed by atoms with E-state index in [1.807, 2.05) is 0 Å². The van der Waals surface area contributed by atoms with E-state index in [1.165, 1.54) is 20.8 Å². The Morgan fingerprint density at radius 2 is 1.61 bits per heavy atom. The van der Waals surface area contributed by atoms with Crippen molar-refractivity contribution in [3.05, 3.63) is 0 Å². The SMILES string of the molecule is CC(=O)O[C@H]1CC[C@@]2(C)C(CC[C@@H]3[C@@H]2CC[C@@]2(C)[C@H]3CC[C@]2(O)C(C)(O)OC(C)=O)C1. The molecular weight excluding hydrogens is 396 g/mol. The molecule has 0 amide bonds. The zero-order chi connectivity index (χ0) is 22.8. The lowest BCUT2D eigenvalue weighted by molar-refractivity contribution is -0.311. The van der Waals surface area contributed by atoms with E-state index in [9.17, 15) is 19.8 Å². The van der Waals surface area contributed by atoms with Crippen molar-refractivity contribution in [2.45, 2.75) is 110 Å². The van der Waals surface area contributed by atoms with Gasteiger partial charge in [0.15, 0.2) is 0 Å². The van der Waals surface area contributed by atoms with Gasteiger partial charge >= 0.3 is 11.9 Å². The number of fused-ring (bicyclic) bond motifs is 5. The molecule has 31 heavy (non-hydrogen) atoms. The van der Waals surface area contributed by atoms with Crippen LogP contribution < -0.4 is 0 Å². The zero-order valence-electron chi connectivity index (χ0n) is 19.8. The third-order valence-corrected chi connectivity index (χ3v) is 10.2. The van der Waals surface area contributed by atoms with Crippen molar-refractivity contribution in [1.82, 2.24) is 0 Å². The molecule has 6 nitrogen and oxygen atoms in total. The van der Waals surface area contributed by atoms with E-state index in [1.54, 1.807) is 0 Å². The third kappa shape index (κ3) is 3.35. The highest BCUT2D eigenvalue weighted by Crippen LogP contribution is 2.69. The largest absolute Gasteiger partial charge is 0.463 e. The lowest BCUT2D eigenvalue weighted by Crippen LogP contribution is -2.65. The molecule has 4 aliphatic carbocycles. The molecule has 6 heteroatoms. The molecule has 0 aliphatic heterocycles. The molecule has 0 aromatic rings. The molecule has 0 aromatic carbocycles. The summed E-state index contributed by atoms with van der Waals surface area (Å²) in [4.78, 5) is 23.1. The summed E-state index contributed by atoms with van der Waals surface area (Å²) < 4.78 is 10.8. The number of carbonyl (C=O) groups is 2. The van der Waals surface area contributed by atoms with E-state index in [0.717, 1.165) is 51.4 Å². The van der Waals surface area contributed by atoms with Crippen LogP contribution in [0.2, 0.25) is 0 Å². The fourth-order valence-corrected chi connectivity index (χ4v) is 8.70. The Morgan fingerprint density at radius 1 is 0.935 bits per heavy atom. The monoisotopic (exact) mass is 436 g/mol. The molecule has 0 heterocycles. The molecule has 4 aliphatic rings. The smallest absolute Gasteiger partial charge is 0.305 e. The molecular formula is C25H40O6. The van der Waals surface area contributed by atoms with Crippen LogP contribution in [-0.2, 0) is 19.1 Å². The van der Waals surface area contributed by atoms with Crippen molar-refractivity contribution in [1.29, 1.82) is 0 Å². The molecule has 9 atom stereocenters. The molecule has 2 unspecified atom stereocenters. The van der Waals surface area contributed by atoms with Gasteiger partial charge in [-0.25, -0.2) is 0 Å². The fraction of sp³-hybridized carbons (Fsp3) is 0.920. The summed E-state index contributed by atoms with van der Waals surface area (Å²) in [6, 6.07) is 0. The minimum absolute atomic E-state index is 0.0522. The molecule has 0 bridgehead atoms. The van der Waals surface area contributed by atoms with Gasteiger partial charge in [-0.3, -0.25) is 9.59 Å². The van der Waals surface area contributed by atoms with Gasteiger partial charge in [0.2, 0.25) is 5.79 Å². The van der Waals surface area contributed by atoms with Gasteiger partial charge in [-0.05, 0) is 86.9 Å². The molecule has 0 spiro atoms. The third-order valence-electron chi connectivity index (χ3n) is 10.2. The predicted molar refractivity (Wildman–Crippen MR) is 115 cm³/mol. The highest BCUT2D eigenvalue weighted by atomic mass is 16.7. The molecule has 2 N–H and O–H groups in total. The number of ether oxygens (including phenoxy) is 2. The van der Waals surface area contributed by atoms with Gasteiger partial charge in [-0.2, -0.15) is 0 Å². The Bertz CT molecular complexity index is 748. The van der Waals surface area contributed by atoms with Gasteiger partial charge in [-0.1, -0.05) is 13.8 Å². The summed E-state index contributed by atoms with van der Waals surface area (Å²) in [5.41, 5.74) is -1.68. The second-order valence-electron chi connectivity index (χ2n) is 11.6. The van der Waals surface area contributed by atoms with Crippen molar-refractivity contribution in [2.75, 3.05) is 0 Å². The lowest BCUT2D eigenvalue weighted by atomic mass is 9.44. The standard InChI is InChI=1S/C25H40O6/c1-15(26)30-18-8-11-22(3)17(14-18)6-7-19-20(22)9-12-23(4)21(19)10-13-25(23,29)24(5,28)31-16(2)27/h17-21,28-29H,6-14H2,1-5H3/t17?,18-,19+,20-,21-,22-,23-,24?,25+/m0/s1. The van der Waals surface area contributed by atoms with Crippen LogP contribution in [-0.4, -0.2) is 39.6 Å². The quantitative estimate of drug-likeness (QED) is 0.514. The number of esters is 2. The normalized spacial score (nSPS) is 48.5. The van der Waals surface area contributed by atoms with Gasteiger partial charge in [-0.15, -0.1) is 0 Å². The summed E-state index contributed by atoms with van der Waals surface area (Å²) in [5.74, 6) is -0.672. The van der Waals surface area contributed by atoms with Gasteiger partial charge in [0.05, 0.1) is 0 Å². The van der Waals surface area contributed by atoms with Crippen molar-refractivity contribution in [3.8, 4) is 0 Å². The average molecular weight is 437 g/mol. The molecule has 4 rings (SSSR count). The highest BCUT2D eigenvalue weighted by molar-refractivity contribution is 5.66. The van der Waals surface area contributed by atoms with E-state index in [4.69, 9.17) is 9.47 Å². The van der Waals surface area contributed by atoms with Crippen molar-refractivity contribution in [2.24, 2.45) is 34.5 Å². The minimum Gasteiger partial charge on any atom is -0.463 e. The van der Waals surface area contributed by atoms with Gasteiger partial charge in [0, 0.05) is 26.2 Å². The minimum atomic E-state index is -1.89. The van der Waals surface area contributed by atoms with Crippen LogP contribution in [0.3, 0.4) is 0 Å². The molecule has 0 radical (unpaired) electrons. The average Bonchev–Trinajstić information content (AvgIpc) is 2.93. The van der Waals surface area contributed by atoms with Crippen LogP contribution >= 0.6 is 0 Å². The molecule has 4 fully saturated rings. The summed E-state index contributed by atoms with van der Waals surface area (Å²) in [5, 5.41) is 22.8. The van der Waals surface area contributed by atoms with Crippen molar-refractivity contribution in [3.63, 3.8) is 0 Å². The van der Waals surface area contributed by atoms with E-state index >= 15 is 0 Å². The van der Waals surface area contributed by atoms with Crippen LogP contribution in [0.25, 0.3) is 0 Å². The Kier molecular flexibility index (Phi) is 5.53. The Morgan fingerprint density at radius 3 is 2.26 bits per heavy atom. The molecule has 4 saturated carbocycles. The second kappa shape index (κ2) is 7.44. The number of hydrogen-bond acceptors (Lipinski definition) is 6. The van der Waals surface area contributed by atoms with Gasteiger partial charge < -0.3 is 19.7 Å². The number of aliphatic hydroxyl groups is 2. The number of carbonyl (C=O) groups excluding carboxylic acids is 2. The van der Waals surface area contributed by atoms with Crippen LogP contribution in [0.1, 0.15) is 92.4 Å². The molecule has 0 aromatic heterocycles. The Balaban J connectivity index is 1.57. The van der Waals surface area contributed by atoms with E-state index < -0.39 is 22.8 Å². The summed E-state index contributed by atoms with van der Waals surface area (Å²) in [6.07, 6.45) is 8.41. The zero-order valence-corrected chi connectivity index (χ0v) is 19.8. The fourth-order valence-electron chi connectivity index (χ4n) is 8.70. The maximum atomic E-state index is 11.8. The lowest BCUT2D eigenvalue weighted by Gasteiger charge is -2.62. The Hall–Kier alpha value is -1.14. The van der Waals surface area contributed by atoms with E-state index in [-0.39, 0.29) is 17.5 Å². The Labute approximate surface area is 186 Å². The van der Waals surface area contributed by atoms with E-state index in [0.29, 0.717) is 30.1 Å². The van der Waals surface area contributed by atoms with Crippen LogP contribution in [0.15, 0.2) is 0 Å². The van der Waals surface area contributed by atoms with E-state index in [2.05, 4.69) is 13.8 Å². The molecule has 0 saturated heterocycles. The number of rotatable bonds is 3. The van der Waals surface area contributed by atoms with Crippen LogP contribution in [0.5, 0.6) is 0 Å². The maximum Gasteiger partial charge on any atom is 0.305 e. The van der Waals surface area contributed by atoms with Crippen molar-refractivity contribution < 1.29 is 29.3 Å². The topological polar surface area (TPSA) is 93.1 Å².